The molecule has 484 valence electrons. The van der Waals surface area contributed by atoms with Gasteiger partial charge in [-0.25, -0.2) is 9.59 Å². The van der Waals surface area contributed by atoms with Crippen LogP contribution in [0.25, 0.3) is 0 Å². The molecule has 4 heterocycles. The van der Waals surface area contributed by atoms with Crippen LogP contribution in [0.2, 0.25) is 0 Å². The van der Waals surface area contributed by atoms with Gasteiger partial charge < -0.3 is 55.3 Å². The van der Waals surface area contributed by atoms with E-state index in [-0.39, 0.29) is 72.9 Å². The molecule has 20 nitrogen and oxygen atoms in total. The highest BCUT2D eigenvalue weighted by molar-refractivity contribution is 8.00. The van der Waals surface area contributed by atoms with Crippen molar-refractivity contribution >= 4 is 71.2 Å². The molecule has 0 aromatic heterocycles. The van der Waals surface area contributed by atoms with Gasteiger partial charge in [-0.2, -0.15) is 0 Å². The Balaban J connectivity index is 0.907. The van der Waals surface area contributed by atoms with E-state index in [4.69, 9.17) is 24.7 Å². The zero-order valence-electron chi connectivity index (χ0n) is 53.7. The molecule has 1 unspecified atom stereocenters. The summed E-state index contributed by atoms with van der Waals surface area (Å²) in [6, 6.07) is 15.2. The first-order valence-electron chi connectivity index (χ1n) is 31.2. The summed E-state index contributed by atoms with van der Waals surface area (Å²) in [5.41, 5.74) is 5.05. The molecular weight excluding hydrogens is 1150 g/mol. The highest BCUT2D eigenvalue weighted by Crippen LogP contribution is 2.49. The van der Waals surface area contributed by atoms with E-state index in [1.165, 1.54) is 23.9 Å². The molecule has 6 rings (SSSR count). The average Bonchev–Trinajstić information content (AvgIpc) is 1.69. The fraction of sp³-hybridized carbons (Fsp3) is 0.692. The summed E-state index contributed by atoms with van der Waals surface area (Å²) in [5.74, 6) is -1.23. The van der Waals surface area contributed by atoms with E-state index in [9.17, 15) is 38.4 Å². The molecule has 8 amide bonds. The number of fused-ring (bicyclic) bond motifs is 2. The first-order valence-corrected chi connectivity index (χ1v) is 33.3. The normalized spacial score (nSPS) is 22.8. The van der Waals surface area contributed by atoms with Crippen LogP contribution in [0, 0.1) is 16.7 Å². The molecule has 22 heteroatoms. The fourth-order valence-corrected chi connectivity index (χ4v) is 15.3. The van der Waals surface area contributed by atoms with Gasteiger partial charge in [-0.1, -0.05) is 127 Å². The summed E-state index contributed by atoms with van der Waals surface area (Å²) in [5, 5.41) is 8.90. The van der Waals surface area contributed by atoms with E-state index in [0.717, 1.165) is 62.5 Å². The second-order valence-electron chi connectivity index (χ2n) is 27.3. The summed E-state index contributed by atoms with van der Waals surface area (Å²) >= 11 is 3.23. The van der Waals surface area contributed by atoms with Crippen LogP contribution in [0.4, 0.5) is 9.59 Å². The number of thioether (sulfide) groups is 2. The number of rotatable bonds is 28. The number of nitrogens with one attached hydrogen (secondary N) is 3. The summed E-state index contributed by atoms with van der Waals surface area (Å²) in [6.07, 6.45) is 8.75. The van der Waals surface area contributed by atoms with Gasteiger partial charge in [0.05, 0.1) is 36.0 Å². The van der Waals surface area contributed by atoms with Crippen molar-refractivity contribution in [1.29, 1.82) is 0 Å². The average molecular weight is 1250 g/mol. The van der Waals surface area contributed by atoms with E-state index < -0.39 is 82.3 Å². The maximum absolute atomic E-state index is 14.5. The Hall–Kier alpha value is -5.58. The number of primary amides is 1. The number of nitrogens with zero attached hydrogens (tertiary/aromatic N) is 4. The highest BCUT2D eigenvalue weighted by Gasteiger charge is 2.56. The van der Waals surface area contributed by atoms with Gasteiger partial charge in [-0.3, -0.25) is 33.7 Å². The minimum Gasteiger partial charge on any atom is -0.444 e. The van der Waals surface area contributed by atoms with Gasteiger partial charge in [-0.15, -0.1) is 23.5 Å². The molecule has 9 atom stereocenters. The number of unbranched alkanes of at least 4 members (excludes halogenated alkanes) is 7. The third-order valence-corrected chi connectivity index (χ3v) is 19.2. The standard InChI is InChI=1S/C65H100N8O12S2/c1-62(2,3)84-60(80)70(11)39-50(74)67-46-31-34-86-53-38-65(9,10)55(73(53)59(46)79)58(78)69-48(45-29-23-20-24-30-45)41-83-33-26-18-16-14-13-15-17-25-32-82-40-47(44-27-21-19-22-28-44)68-57(77)54-64(7,8)37-52-72(54)51(75)36-43(42-87-52)35-49(56(66)76)71(12)61(81)85-63(4,5)6/h19-24,27-30,43,46-49,52-55H,13-18,25-26,31-42H2,1-12H3,(H2,66,76)(H,67,74)(H,68,77)(H,69,78)/t43?,46-,47+,48+,49-,52-,53-,54+,55+/m0/s1. The van der Waals surface area contributed by atoms with Crippen molar-refractivity contribution in [2.45, 2.75) is 211 Å². The molecule has 0 radical (unpaired) electrons. The lowest BCUT2D eigenvalue weighted by Gasteiger charge is -2.35. The van der Waals surface area contributed by atoms with Gasteiger partial charge in [0, 0.05) is 33.7 Å². The smallest absolute Gasteiger partial charge is 0.410 e. The van der Waals surface area contributed by atoms with Crippen molar-refractivity contribution in [3.8, 4) is 0 Å². The van der Waals surface area contributed by atoms with Crippen molar-refractivity contribution < 1.29 is 57.3 Å². The maximum atomic E-state index is 14.5. The lowest BCUT2D eigenvalue weighted by molar-refractivity contribution is -0.144. The predicted octanol–water partition coefficient (Wildman–Crippen LogP) is 9.11. The lowest BCUT2D eigenvalue weighted by atomic mass is 9.83. The van der Waals surface area contributed by atoms with Gasteiger partial charge in [0.2, 0.25) is 35.4 Å². The van der Waals surface area contributed by atoms with Gasteiger partial charge >= 0.3 is 12.2 Å². The fourth-order valence-electron chi connectivity index (χ4n) is 12.1. The number of benzene rings is 2. The van der Waals surface area contributed by atoms with Crippen LogP contribution in [0.1, 0.15) is 176 Å². The topological polar surface area (TPSA) is 249 Å². The SMILES string of the molecule is CN(CC(=O)N[C@H]1CCS[C@H]2CC(C)(C)[C@@H](C(=O)N[C@H](COCCCCCCCCCCOC[C@@H](NC(=O)[C@H]3N4C(=O)CC(C[C@@H](C(N)=O)N(C)C(=O)OC(C)(C)C)CS[C@H]4CC3(C)C)c3ccccc3)c3ccccc3)N2C1=O)C(=O)OC(C)(C)C. The Morgan fingerprint density at radius 3 is 1.61 bits per heavy atom. The molecular formula is C65H100N8O12S2. The summed E-state index contributed by atoms with van der Waals surface area (Å²) < 4.78 is 23.4. The number of hydrogen-bond donors (Lipinski definition) is 4. The monoisotopic (exact) mass is 1250 g/mol. The Kier molecular flexibility index (Phi) is 25.7. The third kappa shape index (κ3) is 20.7. The molecule has 4 aliphatic rings. The predicted molar refractivity (Wildman–Crippen MR) is 339 cm³/mol. The van der Waals surface area contributed by atoms with Crippen LogP contribution in [-0.4, -0.2) is 172 Å². The Labute approximate surface area is 525 Å². The van der Waals surface area contributed by atoms with Crippen molar-refractivity contribution in [1.82, 2.24) is 35.6 Å². The van der Waals surface area contributed by atoms with Crippen molar-refractivity contribution in [2.24, 2.45) is 22.5 Å². The second-order valence-corrected chi connectivity index (χ2v) is 29.8. The van der Waals surface area contributed by atoms with E-state index in [0.29, 0.717) is 44.0 Å². The van der Waals surface area contributed by atoms with Gasteiger partial charge in [0.15, 0.2) is 0 Å². The maximum Gasteiger partial charge on any atom is 0.410 e. The molecule has 0 bridgehead atoms. The van der Waals surface area contributed by atoms with Crippen LogP contribution < -0.4 is 21.7 Å². The minimum absolute atomic E-state index is 0.109. The molecule has 2 aromatic rings. The van der Waals surface area contributed by atoms with Crippen molar-refractivity contribution in [3.63, 3.8) is 0 Å². The third-order valence-electron chi connectivity index (χ3n) is 16.5. The summed E-state index contributed by atoms with van der Waals surface area (Å²) in [4.78, 5) is 115. The van der Waals surface area contributed by atoms with E-state index in [1.807, 2.05) is 88.4 Å². The first kappa shape index (κ1) is 70.5. The van der Waals surface area contributed by atoms with E-state index in [2.05, 4.69) is 16.0 Å². The lowest BCUT2D eigenvalue weighted by Crippen LogP contribution is -2.57. The molecule has 2 aromatic carbocycles. The van der Waals surface area contributed by atoms with Crippen LogP contribution in [0.15, 0.2) is 60.7 Å². The van der Waals surface area contributed by atoms with E-state index in [1.54, 1.807) is 74.9 Å². The van der Waals surface area contributed by atoms with E-state index >= 15 is 0 Å². The molecule has 4 fully saturated rings. The first-order chi connectivity index (χ1) is 41.0. The van der Waals surface area contributed by atoms with Crippen molar-refractivity contribution in [2.75, 3.05) is 58.6 Å². The van der Waals surface area contributed by atoms with Crippen molar-refractivity contribution in [3.05, 3.63) is 71.8 Å². The van der Waals surface area contributed by atoms with Crippen LogP contribution in [0.3, 0.4) is 0 Å². The van der Waals surface area contributed by atoms with Gasteiger partial charge in [-0.05, 0) is 119 Å². The molecule has 0 spiro atoms. The number of carbonyl (C=O) groups excluding carboxylic acids is 8. The van der Waals surface area contributed by atoms with Crippen LogP contribution in [-0.2, 0) is 47.7 Å². The zero-order chi connectivity index (χ0) is 63.9. The molecule has 0 saturated carbocycles. The summed E-state index contributed by atoms with van der Waals surface area (Å²) in [6.45, 7) is 19.9. The quantitative estimate of drug-likeness (QED) is 0.0581. The second kappa shape index (κ2) is 31.7. The Morgan fingerprint density at radius 1 is 0.667 bits per heavy atom. The summed E-state index contributed by atoms with van der Waals surface area (Å²) in [7, 11) is 2.96. The van der Waals surface area contributed by atoms with Gasteiger partial charge in [0.1, 0.15) is 41.9 Å². The zero-order valence-corrected chi connectivity index (χ0v) is 55.3. The molecule has 0 aliphatic carbocycles. The van der Waals surface area contributed by atoms with Gasteiger partial charge in [0.25, 0.3) is 0 Å². The molecule has 87 heavy (non-hydrogen) atoms. The Morgan fingerprint density at radius 2 is 1.13 bits per heavy atom. The number of nitrogens with two attached hydrogens (primary N) is 1. The number of ether oxygens (including phenoxy) is 4. The Bertz CT molecular complexity index is 2640. The number of hydrogen-bond acceptors (Lipinski definition) is 14. The molecule has 5 N–H and O–H groups in total. The number of likely N-dealkylation sites (N-methyl/N-ethyl adjacent to an activating group) is 2. The molecule has 4 aliphatic heterocycles. The number of carbonyl (C=O) groups is 8. The minimum atomic E-state index is -0.964. The largest absolute Gasteiger partial charge is 0.444 e. The van der Waals surface area contributed by atoms with Crippen LogP contribution in [0.5, 0.6) is 0 Å². The van der Waals surface area contributed by atoms with Crippen LogP contribution >= 0.6 is 23.5 Å². The molecule has 4 saturated heterocycles. The highest BCUT2D eigenvalue weighted by atomic mass is 32.2. The number of amides is 8.